The van der Waals surface area contributed by atoms with Crippen molar-refractivity contribution in [2.45, 2.75) is 64.1 Å². The number of hydrogen-bond acceptors (Lipinski definition) is 5. The maximum Gasteiger partial charge on any atom is 0.410 e. The molecule has 1 N–H and O–H groups in total. The minimum absolute atomic E-state index is 0.0521. The molecular weight excluding hydrogens is 406 g/mol. The van der Waals surface area contributed by atoms with E-state index in [2.05, 4.69) is 4.90 Å². The molecule has 1 saturated carbocycles. The van der Waals surface area contributed by atoms with Crippen LogP contribution < -0.4 is 4.90 Å². The van der Waals surface area contributed by atoms with Gasteiger partial charge >= 0.3 is 6.09 Å². The molecule has 1 aliphatic carbocycles. The van der Waals surface area contributed by atoms with Crippen molar-refractivity contribution in [3.05, 3.63) is 30.3 Å². The summed E-state index contributed by atoms with van der Waals surface area (Å²) in [6.07, 6.45) is 4.00. The number of piperidine rings is 1. The highest BCUT2D eigenvalue weighted by molar-refractivity contribution is 5.83. The summed E-state index contributed by atoms with van der Waals surface area (Å²) in [5, 5.41) is 11.9. The van der Waals surface area contributed by atoms with Gasteiger partial charge in [-0.05, 0) is 52.2 Å². The van der Waals surface area contributed by atoms with Gasteiger partial charge in [0, 0.05) is 37.3 Å². The van der Waals surface area contributed by atoms with Crippen LogP contribution in [0.5, 0.6) is 0 Å². The van der Waals surface area contributed by atoms with Crippen molar-refractivity contribution in [3.8, 4) is 0 Å². The van der Waals surface area contributed by atoms with Crippen LogP contribution in [0.3, 0.4) is 0 Å². The minimum Gasteiger partial charge on any atom is -0.444 e. The van der Waals surface area contributed by atoms with E-state index < -0.39 is 11.2 Å². The van der Waals surface area contributed by atoms with Crippen LogP contribution in [-0.2, 0) is 9.53 Å². The zero-order valence-electron chi connectivity index (χ0n) is 19.7. The molecule has 0 aromatic heterocycles. The van der Waals surface area contributed by atoms with Crippen molar-refractivity contribution in [1.29, 1.82) is 0 Å². The van der Waals surface area contributed by atoms with Crippen molar-refractivity contribution in [3.63, 3.8) is 0 Å². The van der Waals surface area contributed by atoms with E-state index >= 15 is 0 Å². The third-order valence-electron chi connectivity index (χ3n) is 7.38. The summed E-state index contributed by atoms with van der Waals surface area (Å²) in [4.78, 5) is 31.4. The van der Waals surface area contributed by atoms with Crippen molar-refractivity contribution in [1.82, 2.24) is 9.80 Å². The summed E-state index contributed by atoms with van der Waals surface area (Å²) in [7, 11) is 0. The van der Waals surface area contributed by atoms with E-state index in [-0.39, 0.29) is 17.4 Å². The number of amides is 2. The number of β-amino-alcohol motifs (C(OH)–C–C–N with tert-alkyl or cyclic N) is 1. The highest BCUT2D eigenvalue weighted by Gasteiger charge is 2.56. The van der Waals surface area contributed by atoms with E-state index in [1.165, 1.54) is 0 Å². The molecule has 2 heterocycles. The lowest BCUT2D eigenvalue weighted by atomic mass is 9.65. The highest BCUT2D eigenvalue weighted by Crippen LogP contribution is 2.51. The second kappa shape index (κ2) is 8.58. The third kappa shape index (κ3) is 4.58. The predicted molar refractivity (Wildman–Crippen MR) is 124 cm³/mol. The molecule has 3 aliphatic rings. The molecular formula is C25H37N3O4. The molecule has 1 aromatic rings. The number of piperazine rings is 1. The Labute approximate surface area is 191 Å². The van der Waals surface area contributed by atoms with Gasteiger partial charge in [-0.3, -0.25) is 4.79 Å². The Balaban J connectivity index is 1.45. The average Bonchev–Trinajstić information content (AvgIpc) is 3.21. The van der Waals surface area contributed by atoms with Crippen molar-refractivity contribution in [2.24, 2.45) is 5.41 Å². The second-order valence-corrected chi connectivity index (χ2v) is 10.7. The highest BCUT2D eigenvalue weighted by atomic mass is 16.6. The molecule has 2 amide bonds. The summed E-state index contributed by atoms with van der Waals surface area (Å²) in [5.41, 5.74) is -0.846. The number of benzene rings is 1. The molecule has 4 rings (SSSR count). The normalized spacial score (nSPS) is 26.0. The first kappa shape index (κ1) is 22.9. The number of hydrogen-bond donors (Lipinski definition) is 1. The van der Waals surface area contributed by atoms with Gasteiger partial charge in [0.25, 0.3) is 0 Å². The minimum atomic E-state index is -0.980. The van der Waals surface area contributed by atoms with Gasteiger partial charge in [-0.2, -0.15) is 0 Å². The van der Waals surface area contributed by atoms with Gasteiger partial charge in [0.05, 0.1) is 18.7 Å². The van der Waals surface area contributed by atoms with E-state index in [1.807, 2.05) is 56.0 Å². The number of anilines is 1. The van der Waals surface area contributed by atoms with Crippen molar-refractivity contribution in [2.75, 3.05) is 44.2 Å². The average molecular weight is 444 g/mol. The molecule has 2 aliphatic heterocycles. The number of nitrogens with zero attached hydrogens (tertiary/aromatic N) is 3. The monoisotopic (exact) mass is 443 g/mol. The Bertz CT molecular complexity index is 831. The maximum atomic E-state index is 13.0. The second-order valence-electron chi connectivity index (χ2n) is 10.7. The van der Waals surface area contributed by atoms with Gasteiger partial charge in [0.1, 0.15) is 5.60 Å². The van der Waals surface area contributed by atoms with Crippen LogP contribution in [-0.4, -0.2) is 77.4 Å². The van der Waals surface area contributed by atoms with E-state index in [4.69, 9.17) is 4.74 Å². The largest absolute Gasteiger partial charge is 0.444 e. The molecule has 0 bridgehead atoms. The lowest BCUT2D eigenvalue weighted by molar-refractivity contribution is -0.157. The molecule has 1 atom stereocenters. The summed E-state index contributed by atoms with van der Waals surface area (Å²) in [6.45, 7) is 8.59. The van der Waals surface area contributed by atoms with Gasteiger partial charge in [0.2, 0.25) is 5.91 Å². The third-order valence-corrected chi connectivity index (χ3v) is 7.38. The van der Waals surface area contributed by atoms with Gasteiger partial charge in [-0.1, -0.05) is 31.0 Å². The van der Waals surface area contributed by atoms with E-state index in [9.17, 15) is 14.7 Å². The number of aliphatic hydroxyl groups is 1. The Morgan fingerprint density at radius 2 is 1.75 bits per heavy atom. The predicted octanol–water partition coefficient (Wildman–Crippen LogP) is 3.27. The fourth-order valence-corrected chi connectivity index (χ4v) is 5.63. The Morgan fingerprint density at radius 3 is 2.38 bits per heavy atom. The van der Waals surface area contributed by atoms with Crippen LogP contribution in [0.25, 0.3) is 0 Å². The van der Waals surface area contributed by atoms with Gasteiger partial charge in [0.15, 0.2) is 0 Å². The van der Waals surface area contributed by atoms with Crippen LogP contribution in [0, 0.1) is 5.41 Å². The maximum absolute atomic E-state index is 13.0. The number of carbonyl (C=O) groups is 2. The summed E-state index contributed by atoms with van der Waals surface area (Å²) in [5.74, 6) is 0.0521. The fraction of sp³-hybridized carbons (Fsp3) is 0.680. The van der Waals surface area contributed by atoms with Gasteiger partial charge < -0.3 is 24.5 Å². The van der Waals surface area contributed by atoms with E-state index in [1.54, 1.807) is 4.90 Å². The number of carbonyl (C=O) groups excluding carboxylic acids is 2. The zero-order chi connectivity index (χ0) is 23.0. The molecule has 1 spiro atoms. The van der Waals surface area contributed by atoms with Crippen LogP contribution in [0.2, 0.25) is 0 Å². The summed E-state index contributed by atoms with van der Waals surface area (Å²) >= 11 is 0. The Hall–Kier alpha value is -2.28. The molecule has 7 heteroatoms. The first-order chi connectivity index (χ1) is 15.1. The first-order valence-electron chi connectivity index (χ1n) is 11.9. The number of para-hydroxylation sites is 1. The number of rotatable bonds is 3. The molecule has 7 nitrogen and oxygen atoms in total. The van der Waals surface area contributed by atoms with Gasteiger partial charge in [-0.25, -0.2) is 4.79 Å². The fourth-order valence-electron chi connectivity index (χ4n) is 5.63. The first-order valence-corrected chi connectivity index (χ1v) is 11.9. The van der Waals surface area contributed by atoms with Crippen LogP contribution in [0.1, 0.15) is 52.9 Å². The molecule has 1 unspecified atom stereocenters. The molecule has 32 heavy (non-hydrogen) atoms. The standard InChI is InChI=1S/C25H37N3O4/c1-23(2,3)32-22(30)28-14-13-25(31,24(18-28)11-7-8-12-24)19-27-16-15-26(17-21(27)29)20-9-5-4-6-10-20/h4-6,9-10,31H,7-8,11-19H2,1-3H3. The quantitative estimate of drug-likeness (QED) is 0.776. The lowest BCUT2D eigenvalue weighted by Gasteiger charge is -2.54. The number of ether oxygens (including phenoxy) is 1. The topological polar surface area (TPSA) is 73.3 Å². The summed E-state index contributed by atoms with van der Waals surface area (Å²) in [6, 6.07) is 9.99. The van der Waals surface area contributed by atoms with Gasteiger partial charge in [-0.15, -0.1) is 0 Å². The molecule has 2 saturated heterocycles. The van der Waals surface area contributed by atoms with Crippen LogP contribution >= 0.6 is 0 Å². The molecule has 0 radical (unpaired) electrons. The zero-order valence-corrected chi connectivity index (χ0v) is 19.7. The Kier molecular flexibility index (Phi) is 6.14. The number of likely N-dealkylation sites (tertiary alicyclic amines) is 1. The molecule has 176 valence electrons. The Morgan fingerprint density at radius 1 is 1.06 bits per heavy atom. The van der Waals surface area contributed by atoms with Crippen molar-refractivity contribution >= 4 is 17.7 Å². The van der Waals surface area contributed by atoms with Crippen LogP contribution in [0.4, 0.5) is 10.5 Å². The van der Waals surface area contributed by atoms with E-state index in [0.717, 1.165) is 37.9 Å². The molecule has 3 fully saturated rings. The van der Waals surface area contributed by atoms with Crippen LogP contribution in [0.15, 0.2) is 30.3 Å². The van der Waals surface area contributed by atoms with Crippen molar-refractivity contribution < 1.29 is 19.4 Å². The summed E-state index contributed by atoms with van der Waals surface area (Å²) < 4.78 is 5.60. The SMILES string of the molecule is CC(C)(C)OC(=O)N1CCC(O)(CN2CCN(c3ccccc3)CC2=O)C2(CCCC2)C1. The van der Waals surface area contributed by atoms with E-state index in [0.29, 0.717) is 39.1 Å². The lowest BCUT2D eigenvalue weighted by Crippen LogP contribution is -2.66. The smallest absolute Gasteiger partial charge is 0.410 e. The molecule has 1 aromatic carbocycles.